The van der Waals surface area contributed by atoms with Crippen LogP contribution in [-0.2, 0) is 14.3 Å². The molecule has 0 unspecified atom stereocenters. The summed E-state index contributed by atoms with van der Waals surface area (Å²) in [7, 11) is 0. The molecule has 134 valence electrons. The summed E-state index contributed by atoms with van der Waals surface area (Å²) in [4.78, 5) is 27.5. The highest BCUT2D eigenvalue weighted by atomic mass is 16.6. The molecule has 0 bridgehead atoms. The third-order valence-corrected chi connectivity index (χ3v) is 2.75. The fourth-order valence-corrected chi connectivity index (χ4v) is 1.80. The molecule has 1 atom stereocenters. The van der Waals surface area contributed by atoms with Crippen LogP contribution in [0.15, 0.2) is 10.5 Å². The lowest BCUT2D eigenvalue weighted by molar-refractivity contribution is -0.137. The number of amides is 1. The molecule has 0 saturated carbocycles. The standard InChI is InChI=1S/C16H25N3O5/c1-7-22-12(20)8-11(17)13-10(3)23-14(19-13)9(2)18-15(21)24-16(4,5)6/h8-9H,7,17H2,1-6H3,(H,18,21)/b11-8-/t9-/m0/s1. The van der Waals surface area contributed by atoms with E-state index in [0.29, 0.717) is 11.5 Å². The van der Waals surface area contributed by atoms with E-state index in [1.54, 1.807) is 41.5 Å². The van der Waals surface area contributed by atoms with E-state index >= 15 is 0 Å². The van der Waals surface area contributed by atoms with E-state index in [1.165, 1.54) is 0 Å². The van der Waals surface area contributed by atoms with E-state index in [1.807, 2.05) is 0 Å². The van der Waals surface area contributed by atoms with Gasteiger partial charge in [-0.3, -0.25) is 0 Å². The first-order valence-electron chi connectivity index (χ1n) is 7.64. The second-order valence-electron chi connectivity index (χ2n) is 6.18. The van der Waals surface area contributed by atoms with Gasteiger partial charge in [0, 0.05) is 6.08 Å². The average molecular weight is 339 g/mol. The Kier molecular flexibility index (Phi) is 6.39. The fourth-order valence-electron chi connectivity index (χ4n) is 1.80. The Morgan fingerprint density at radius 3 is 2.58 bits per heavy atom. The lowest BCUT2D eigenvalue weighted by Gasteiger charge is -2.21. The Bertz CT molecular complexity index is 628. The van der Waals surface area contributed by atoms with Gasteiger partial charge >= 0.3 is 12.1 Å². The zero-order valence-corrected chi connectivity index (χ0v) is 14.9. The topological polar surface area (TPSA) is 117 Å². The predicted octanol–water partition coefficient (Wildman–Crippen LogP) is 2.43. The van der Waals surface area contributed by atoms with E-state index in [0.717, 1.165) is 6.08 Å². The van der Waals surface area contributed by atoms with Gasteiger partial charge in [0.2, 0.25) is 5.89 Å². The average Bonchev–Trinajstić information content (AvgIpc) is 2.78. The second-order valence-corrected chi connectivity index (χ2v) is 6.18. The molecular weight excluding hydrogens is 314 g/mol. The van der Waals surface area contributed by atoms with E-state index in [-0.39, 0.29) is 18.2 Å². The number of carbonyl (C=O) groups is 2. The highest BCUT2D eigenvalue weighted by molar-refractivity contribution is 5.90. The monoisotopic (exact) mass is 339 g/mol. The SMILES string of the molecule is CCOC(=O)/C=C(\N)c1nc([C@H](C)NC(=O)OC(C)(C)C)oc1C. The van der Waals surface area contributed by atoms with E-state index in [4.69, 9.17) is 19.6 Å². The maximum Gasteiger partial charge on any atom is 0.408 e. The van der Waals surface area contributed by atoms with Gasteiger partial charge in [0.1, 0.15) is 23.1 Å². The molecule has 1 rings (SSSR count). The number of alkyl carbamates (subject to hydrolysis) is 1. The van der Waals surface area contributed by atoms with Crippen molar-refractivity contribution in [2.24, 2.45) is 5.73 Å². The Morgan fingerprint density at radius 2 is 2.04 bits per heavy atom. The number of hydrogen-bond acceptors (Lipinski definition) is 7. The Labute approximate surface area is 141 Å². The quantitative estimate of drug-likeness (QED) is 0.625. The number of carbonyl (C=O) groups excluding carboxylic acids is 2. The molecule has 0 saturated heterocycles. The number of aryl methyl sites for hydroxylation is 1. The number of nitrogens with one attached hydrogen (secondary N) is 1. The van der Waals surface area contributed by atoms with Gasteiger partial charge in [-0.15, -0.1) is 0 Å². The molecule has 0 aliphatic carbocycles. The largest absolute Gasteiger partial charge is 0.463 e. The van der Waals surface area contributed by atoms with Crippen molar-refractivity contribution in [1.82, 2.24) is 10.3 Å². The highest BCUT2D eigenvalue weighted by Gasteiger charge is 2.22. The molecular formula is C16H25N3O5. The predicted molar refractivity (Wildman–Crippen MR) is 87.8 cm³/mol. The number of esters is 1. The van der Waals surface area contributed by atoms with Crippen LogP contribution in [0.5, 0.6) is 0 Å². The third-order valence-electron chi connectivity index (χ3n) is 2.75. The summed E-state index contributed by atoms with van der Waals surface area (Å²) < 4.78 is 15.5. The number of rotatable bonds is 5. The Hall–Kier alpha value is -2.51. The van der Waals surface area contributed by atoms with Gasteiger partial charge in [0.05, 0.1) is 12.3 Å². The first-order chi connectivity index (χ1) is 11.0. The molecule has 1 aromatic rings. The van der Waals surface area contributed by atoms with Crippen LogP contribution in [0.25, 0.3) is 5.70 Å². The van der Waals surface area contributed by atoms with Crippen LogP contribution in [0, 0.1) is 6.92 Å². The third kappa shape index (κ3) is 5.94. The van der Waals surface area contributed by atoms with Crippen LogP contribution in [0.1, 0.15) is 58.0 Å². The Balaban J connectivity index is 2.85. The van der Waals surface area contributed by atoms with Crippen molar-refractivity contribution in [3.8, 4) is 0 Å². The van der Waals surface area contributed by atoms with Crippen molar-refractivity contribution in [3.63, 3.8) is 0 Å². The lowest BCUT2D eigenvalue weighted by Crippen LogP contribution is -2.34. The molecule has 0 spiro atoms. The zero-order valence-electron chi connectivity index (χ0n) is 14.9. The minimum Gasteiger partial charge on any atom is -0.463 e. The van der Waals surface area contributed by atoms with Crippen LogP contribution in [0.4, 0.5) is 4.79 Å². The van der Waals surface area contributed by atoms with Gasteiger partial charge in [-0.05, 0) is 41.5 Å². The normalized spacial score (nSPS) is 13.3. The number of aromatic nitrogens is 1. The van der Waals surface area contributed by atoms with Gasteiger partial charge in [-0.25, -0.2) is 14.6 Å². The van der Waals surface area contributed by atoms with Crippen LogP contribution in [0.2, 0.25) is 0 Å². The number of ether oxygens (including phenoxy) is 2. The lowest BCUT2D eigenvalue weighted by atomic mass is 10.2. The first kappa shape index (κ1) is 19.5. The molecule has 3 N–H and O–H groups in total. The van der Waals surface area contributed by atoms with Crippen molar-refractivity contribution in [3.05, 3.63) is 23.4 Å². The molecule has 24 heavy (non-hydrogen) atoms. The van der Waals surface area contributed by atoms with Gasteiger partial charge in [0.25, 0.3) is 0 Å². The summed E-state index contributed by atoms with van der Waals surface area (Å²) in [6, 6.07) is -0.525. The number of oxazole rings is 1. The first-order valence-corrected chi connectivity index (χ1v) is 7.64. The highest BCUT2D eigenvalue weighted by Crippen LogP contribution is 2.20. The molecule has 1 heterocycles. The van der Waals surface area contributed by atoms with Gasteiger partial charge in [0.15, 0.2) is 0 Å². The molecule has 1 amide bonds. The number of nitrogens with zero attached hydrogens (tertiary/aromatic N) is 1. The van der Waals surface area contributed by atoms with Crippen LogP contribution in [-0.4, -0.2) is 29.3 Å². The summed E-state index contributed by atoms with van der Waals surface area (Å²) in [6.45, 7) is 10.6. The van der Waals surface area contributed by atoms with Crippen molar-refractivity contribution in [1.29, 1.82) is 0 Å². The van der Waals surface area contributed by atoms with E-state index in [9.17, 15) is 9.59 Å². The minimum absolute atomic E-state index is 0.130. The Morgan fingerprint density at radius 1 is 1.42 bits per heavy atom. The number of nitrogens with two attached hydrogens (primary N) is 1. The molecule has 1 aromatic heterocycles. The van der Waals surface area contributed by atoms with Crippen molar-refractivity contribution >= 4 is 17.8 Å². The molecule has 0 aromatic carbocycles. The fraction of sp³-hybridized carbons (Fsp3) is 0.562. The second kappa shape index (κ2) is 7.85. The van der Waals surface area contributed by atoms with Gasteiger partial charge < -0.3 is 24.9 Å². The summed E-state index contributed by atoms with van der Waals surface area (Å²) in [5.74, 6) is 0.133. The van der Waals surface area contributed by atoms with Crippen LogP contribution < -0.4 is 11.1 Å². The summed E-state index contributed by atoms with van der Waals surface area (Å²) in [6.07, 6.45) is 0.562. The van der Waals surface area contributed by atoms with Crippen LogP contribution in [0.3, 0.4) is 0 Å². The minimum atomic E-state index is -0.603. The number of hydrogen-bond donors (Lipinski definition) is 2. The maximum atomic E-state index is 11.8. The molecule has 8 nitrogen and oxygen atoms in total. The molecule has 0 aliphatic heterocycles. The van der Waals surface area contributed by atoms with Gasteiger partial charge in [-0.1, -0.05) is 0 Å². The van der Waals surface area contributed by atoms with Crippen molar-refractivity contribution in [2.45, 2.75) is 53.2 Å². The maximum absolute atomic E-state index is 11.8. The zero-order chi connectivity index (χ0) is 18.5. The van der Waals surface area contributed by atoms with Gasteiger partial charge in [-0.2, -0.15) is 0 Å². The van der Waals surface area contributed by atoms with E-state index < -0.39 is 23.7 Å². The smallest absolute Gasteiger partial charge is 0.408 e. The van der Waals surface area contributed by atoms with Crippen LogP contribution >= 0.6 is 0 Å². The summed E-state index contributed by atoms with van der Waals surface area (Å²) >= 11 is 0. The molecule has 0 aliphatic rings. The van der Waals surface area contributed by atoms with Crippen molar-refractivity contribution in [2.75, 3.05) is 6.61 Å². The molecule has 8 heteroatoms. The molecule has 0 radical (unpaired) electrons. The summed E-state index contributed by atoms with van der Waals surface area (Å²) in [5, 5.41) is 2.62. The summed E-state index contributed by atoms with van der Waals surface area (Å²) in [5.41, 5.74) is 5.71. The van der Waals surface area contributed by atoms with Crippen molar-refractivity contribution < 1.29 is 23.5 Å². The van der Waals surface area contributed by atoms with E-state index in [2.05, 4.69) is 10.3 Å². The molecule has 0 fully saturated rings.